The van der Waals surface area contributed by atoms with Gasteiger partial charge in [0.25, 0.3) is 5.78 Å². The molecule has 0 bridgehead atoms. The molecule has 0 aromatic heterocycles. The highest BCUT2D eigenvalue weighted by Gasteiger charge is 2.50. The first-order chi connectivity index (χ1) is 8.86. The second-order valence-electron chi connectivity index (χ2n) is 5.36. The number of hydrogen-bond donors (Lipinski definition) is 1. The Hall–Kier alpha value is -0.940. The Morgan fingerprint density at radius 3 is 2.58 bits per heavy atom. The molecule has 0 amide bonds. The lowest BCUT2D eigenvalue weighted by Gasteiger charge is -2.41. The number of methoxy groups -OCH3 is 1. The molecule has 1 fully saturated rings. The first-order valence-corrected chi connectivity index (χ1v) is 6.83. The number of hydrogen-bond acceptors (Lipinski definition) is 5. The first kappa shape index (κ1) is 16.1. The van der Waals surface area contributed by atoms with Crippen LogP contribution in [0.4, 0.5) is 0 Å². The molecular weight excluding hydrogens is 248 g/mol. The van der Waals surface area contributed by atoms with Crippen molar-refractivity contribution in [3.8, 4) is 0 Å². The third-order valence-corrected chi connectivity index (χ3v) is 4.25. The molecule has 1 aliphatic carbocycles. The van der Waals surface area contributed by atoms with Crippen molar-refractivity contribution >= 4 is 11.8 Å². The predicted octanol–water partition coefficient (Wildman–Crippen LogP) is 1.32. The quantitative estimate of drug-likeness (QED) is 0.603. The summed E-state index contributed by atoms with van der Waals surface area (Å²) in [5.41, 5.74) is -1.62. The van der Waals surface area contributed by atoms with Gasteiger partial charge in [0, 0.05) is 7.11 Å². The summed E-state index contributed by atoms with van der Waals surface area (Å²) < 4.78 is 9.98. The Balaban J connectivity index is 2.86. The van der Waals surface area contributed by atoms with Crippen molar-refractivity contribution in [2.45, 2.75) is 51.7 Å². The van der Waals surface area contributed by atoms with Gasteiger partial charge in [0.05, 0.1) is 12.7 Å². The summed E-state index contributed by atoms with van der Waals surface area (Å²) in [5.74, 6) is -1.94. The maximum absolute atomic E-state index is 12.1. The van der Waals surface area contributed by atoms with Gasteiger partial charge >= 0.3 is 5.97 Å². The topological polar surface area (TPSA) is 72.8 Å². The Kier molecular flexibility index (Phi) is 5.50. The predicted molar refractivity (Wildman–Crippen MR) is 69.6 cm³/mol. The molecular formula is C14H24O5. The maximum Gasteiger partial charge on any atom is 0.377 e. The maximum atomic E-state index is 12.1. The highest BCUT2D eigenvalue weighted by molar-refractivity contribution is 6.36. The Morgan fingerprint density at radius 2 is 2.05 bits per heavy atom. The highest BCUT2D eigenvalue weighted by Crippen LogP contribution is 2.39. The minimum absolute atomic E-state index is 0.0472. The van der Waals surface area contributed by atoms with Gasteiger partial charge in [0.2, 0.25) is 0 Å². The summed E-state index contributed by atoms with van der Waals surface area (Å²) in [4.78, 5) is 23.7. The smallest absolute Gasteiger partial charge is 0.377 e. The molecule has 1 aliphatic rings. The monoisotopic (exact) mass is 272 g/mol. The van der Waals surface area contributed by atoms with E-state index in [9.17, 15) is 14.7 Å². The SMILES string of the molecule is CCOC(=O)C(=O)[C@]1(O)C[C@H]([C@H](C)OC)CC[C@H]1C. The Labute approximate surface area is 114 Å². The minimum Gasteiger partial charge on any atom is -0.460 e. The molecule has 0 saturated heterocycles. The summed E-state index contributed by atoms with van der Waals surface area (Å²) in [6.07, 6.45) is 1.78. The number of ketones is 1. The summed E-state index contributed by atoms with van der Waals surface area (Å²) in [5, 5.41) is 10.6. The molecule has 1 saturated carbocycles. The van der Waals surface area contributed by atoms with Crippen molar-refractivity contribution in [1.82, 2.24) is 0 Å². The van der Waals surface area contributed by atoms with E-state index in [2.05, 4.69) is 0 Å². The van der Waals surface area contributed by atoms with Gasteiger partial charge in [-0.05, 0) is 44.9 Å². The average Bonchev–Trinajstić information content (AvgIpc) is 2.40. The van der Waals surface area contributed by atoms with Crippen molar-refractivity contribution in [3.63, 3.8) is 0 Å². The molecule has 0 aromatic rings. The van der Waals surface area contributed by atoms with Crippen LogP contribution < -0.4 is 0 Å². The second-order valence-corrected chi connectivity index (χ2v) is 5.36. The fourth-order valence-electron chi connectivity index (χ4n) is 2.69. The van der Waals surface area contributed by atoms with Crippen LogP contribution in [0, 0.1) is 11.8 Å². The lowest BCUT2D eigenvalue weighted by atomic mass is 9.68. The minimum atomic E-state index is -1.62. The lowest BCUT2D eigenvalue weighted by Crippen LogP contribution is -2.53. The molecule has 110 valence electrons. The van der Waals surface area contributed by atoms with Crippen molar-refractivity contribution in [2.75, 3.05) is 13.7 Å². The average molecular weight is 272 g/mol. The molecule has 0 aromatic carbocycles. The van der Waals surface area contributed by atoms with Gasteiger partial charge in [-0.25, -0.2) is 4.79 Å². The van der Waals surface area contributed by atoms with Gasteiger partial charge in [-0.3, -0.25) is 4.79 Å². The molecule has 1 rings (SSSR count). The number of esters is 1. The van der Waals surface area contributed by atoms with Crippen LogP contribution >= 0.6 is 0 Å². The van der Waals surface area contributed by atoms with Crippen LogP contribution in [0.15, 0.2) is 0 Å². The van der Waals surface area contributed by atoms with Crippen molar-refractivity contribution in [3.05, 3.63) is 0 Å². The summed E-state index contributed by atoms with van der Waals surface area (Å²) in [6.45, 7) is 5.48. The third-order valence-electron chi connectivity index (χ3n) is 4.25. The van der Waals surface area contributed by atoms with Gasteiger partial charge in [-0.2, -0.15) is 0 Å². The largest absolute Gasteiger partial charge is 0.460 e. The lowest BCUT2D eigenvalue weighted by molar-refractivity contribution is -0.170. The van der Waals surface area contributed by atoms with E-state index >= 15 is 0 Å². The summed E-state index contributed by atoms with van der Waals surface area (Å²) in [6, 6.07) is 0. The van der Waals surface area contributed by atoms with E-state index in [1.54, 1.807) is 21.0 Å². The van der Waals surface area contributed by atoms with Gasteiger partial charge in [-0.1, -0.05) is 6.92 Å². The van der Waals surface area contributed by atoms with Crippen LogP contribution in [0.2, 0.25) is 0 Å². The molecule has 19 heavy (non-hydrogen) atoms. The van der Waals surface area contributed by atoms with Crippen molar-refractivity contribution in [2.24, 2.45) is 11.8 Å². The van der Waals surface area contributed by atoms with E-state index in [-0.39, 0.29) is 31.0 Å². The third kappa shape index (κ3) is 3.34. The number of Topliss-reactive ketones (excluding diaryl/α,β-unsaturated/α-hetero) is 1. The molecule has 0 heterocycles. The molecule has 0 spiro atoms. The zero-order valence-electron chi connectivity index (χ0n) is 12.1. The van der Waals surface area contributed by atoms with Crippen LogP contribution in [0.1, 0.15) is 40.0 Å². The molecule has 1 N–H and O–H groups in total. The molecule has 0 radical (unpaired) electrons. The molecule has 0 aliphatic heterocycles. The fourth-order valence-corrected chi connectivity index (χ4v) is 2.69. The summed E-state index contributed by atoms with van der Waals surface area (Å²) in [7, 11) is 1.61. The zero-order valence-corrected chi connectivity index (χ0v) is 12.1. The van der Waals surface area contributed by atoms with E-state index in [0.29, 0.717) is 6.42 Å². The van der Waals surface area contributed by atoms with Crippen molar-refractivity contribution in [1.29, 1.82) is 0 Å². The summed E-state index contributed by atoms with van der Waals surface area (Å²) >= 11 is 0. The van der Waals surface area contributed by atoms with E-state index in [1.165, 1.54) is 0 Å². The molecule has 0 unspecified atom stereocenters. The molecule has 5 heteroatoms. The second kappa shape index (κ2) is 6.48. The van der Waals surface area contributed by atoms with Crippen LogP contribution in [0.25, 0.3) is 0 Å². The Morgan fingerprint density at radius 1 is 1.42 bits per heavy atom. The van der Waals surface area contributed by atoms with Crippen LogP contribution in [-0.2, 0) is 19.1 Å². The number of rotatable bonds is 5. The van der Waals surface area contributed by atoms with E-state index in [0.717, 1.165) is 6.42 Å². The van der Waals surface area contributed by atoms with E-state index < -0.39 is 17.4 Å². The molecule has 4 atom stereocenters. The van der Waals surface area contributed by atoms with Crippen LogP contribution in [0.3, 0.4) is 0 Å². The zero-order chi connectivity index (χ0) is 14.6. The van der Waals surface area contributed by atoms with E-state index in [1.807, 2.05) is 6.92 Å². The highest BCUT2D eigenvalue weighted by atomic mass is 16.5. The van der Waals surface area contributed by atoms with Gasteiger partial charge in [0.15, 0.2) is 0 Å². The van der Waals surface area contributed by atoms with Gasteiger partial charge in [0.1, 0.15) is 5.60 Å². The van der Waals surface area contributed by atoms with E-state index in [4.69, 9.17) is 9.47 Å². The Bertz CT molecular complexity index is 341. The van der Waals surface area contributed by atoms with Crippen LogP contribution in [-0.4, -0.2) is 42.3 Å². The van der Waals surface area contributed by atoms with Crippen molar-refractivity contribution < 1.29 is 24.2 Å². The normalized spacial score (nSPS) is 32.7. The van der Waals surface area contributed by atoms with Gasteiger partial charge < -0.3 is 14.6 Å². The van der Waals surface area contributed by atoms with Gasteiger partial charge in [-0.15, -0.1) is 0 Å². The number of carbonyl (C=O) groups is 2. The van der Waals surface area contributed by atoms with Crippen LogP contribution in [0.5, 0.6) is 0 Å². The number of ether oxygens (including phenoxy) is 2. The molecule has 5 nitrogen and oxygen atoms in total. The number of carbonyl (C=O) groups excluding carboxylic acids is 2. The standard InChI is InChI=1S/C14H24O5/c1-5-19-13(16)12(15)14(17)8-11(10(3)18-4)7-6-9(14)2/h9-11,17H,5-8H2,1-4H3/t9-,10+,11-,14+/m1/s1. The first-order valence-electron chi connectivity index (χ1n) is 6.83. The fraction of sp³-hybridized carbons (Fsp3) is 0.857. The number of aliphatic hydroxyl groups is 1.